The highest BCUT2D eigenvalue weighted by Crippen LogP contribution is 2.49. The zero-order valence-electron chi connectivity index (χ0n) is 20.7. The number of rotatable bonds is 5. The summed E-state index contributed by atoms with van der Waals surface area (Å²) in [4.78, 5) is 2.54. The van der Waals surface area contributed by atoms with E-state index in [2.05, 4.69) is 52.8 Å². The van der Waals surface area contributed by atoms with Crippen molar-refractivity contribution in [3.8, 4) is 22.8 Å². The van der Waals surface area contributed by atoms with E-state index < -0.39 is 0 Å². The molecule has 0 amide bonds. The fourth-order valence-corrected chi connectivity index (χ4v) is 6.48. The number of aryl methyl sites for hydroxylation is 1. The van der Waals surface area contributed by atoms with E-state index in [1.54, 1.807) is 5.56 Å². The quantitative estimate of drug-likeness (QED) is 0.415. The number of hydrogen-bond donors (Lipinski definition) is 0. The van der Waals surface area contributed by atoms with Gasteiger partial charge in [0.2, 0.25) is 0 Å². The number of piperidine rings is 1. The van der Waals surface area contributed by atoms with Crippen molar-refractivity contribution in [2.75, 3.05) is 32.8 Å². The van der Waals surface area contributed by atoms with E-state index in [1.807, 2.05) is 0 Å². The summed E-state index contributed by atoms with van der Waals surface area (Å²) in [5.74, 6) is 2.47. The lowest BCUT2D eigenvalue weighted by Crippen LogP contribution is -2.33. The Morgan fingerprint density at radius 2 is 1.76 bits per heavy atom. The Morgan fingerprint density at radius 1 is 0.941 bits per heavy atom. The van der Waals surface area contributed by atoms with Crippen molar-refractivity contribution in [1.82, 2.24) is 9.47 Å². The molecule has 3 aromatic rings. The molecule has 2 fully saturated rings. The standard InChI is InChI=1S/C30H38N2O2/c1-22-13-14-24-26(21-22)32-18-20-34-30-25(29(32)28(24)23-9-4-2-5-10-23)11-8-12-27(30)33-19-17-31-15-6-3-7-16-31/h8,11-14,21,23H,2-7,9-10,15-20H2,1H3. The Labute approximate surface area is 203 Å². The van der Waals surface area contributed by atoms with Gasteiger partial charge in [0.15, 0.2) is 11.5 Å². The minimum Gasteiger partial charge on any atom is -0.488 e. The molecule has 4 heteroatoms. The predicted octanol–water partition coefficient (Wildman–Crippen LogP) is 6.92. The maximum Gasteiger partial charge on any atom is 0.170 e. The van der Waals surface area contributed by atoms with Crippen molar-refractivity contribution in [2.24, 2.45) is 0 Å². The lowest BCUT2D eigenvalue weighted by atomic mass is 9.81. The van der Waals surface area contributed by atoms with E-state index in [0.717, 1.165) is 31.2 Å². The van der Waals surface area contributed by atoms with Crippen LogP contribution in [0.15, 0.2) is 36.4 Å². The van der Waals surface area contributed by atoms with Crippen LogP contribution >= 0.6 is 0 Å². The molecule has 1 saturated heterocycles. The number of hydrogen-bond acceptors (Lipinski definition) is 3. The molecule has 34 heavy (non-hydrogen) atoms. The maximum absolute atomic E-state index is 6.43. The van der Waals surface area contributed by atoms with Crippen LogP contribution in [0.4, 0.5) is 0 Å². The number of aromatic nitrogens is 1. The molecular formula is C30H38N2O2. The predicted molar refractivity (Wildman–Crippen MR) is 139 cm³/mol. The van der Waals surface area contributed by atoms with Crippen LogP contribution in [-0.4, -0.2) is 42.3 Å². The zero-order valence-corrected chi connectivity index (χ0v) is 20.7. The second-order valence-corrected chi connectivity index (χ2v) is 10.5. The maximum atomic E-state index is 6.43. The highest BCUT2D eigenvalue weighted by atomic mass is 16.5. The molecule has 2 aliphatic heterocycles. The molecule has 0 atom stereocenters. The molecule has 2 aromatic carbocycles. The van der Waals surface area contributed by atoms with Gasteiger partial charge in [-0.2, -0.15) is 0 Å². The van der Waals surface area contributed by atoms with Crippen LogP contribution in [0.3, 0.4) is 0 Å². The van der Waals surface area contributed by atoms with E-state index in [9.17, 15) is 0 Å². The van der Waals surface area contributed by atoms with Gasteiger partial charge in [0.05, 0.1) is 12.2 Å². The van der Waals surface area contributed by atoms with Crippen molar-refractivity contribution in [3.63, 3.8) is 0 Å². The molecule has 0 bridgehead atoms. The first kappa shape index (κ1) is 22.0. The van der Waals surface area contributed by atoms with Crippen LogP contribution in [0.5, 0.6) is 11.5 Å². The Balaban J connectivity index is 1.40. The van der Waals surface area contributed by atoms with Gasteiger partial charge in [-0.3, -0.25) is 4.90 Å². The zero-order chi connectivity index (χ0) is 22.9. The molecule has 0 N–H and O–H groups in total. The average Bonchev–Trinajstić information content (AvgIpc) is 3.05. The molecule has 6 rings (SSSR count). The van der Waals surface area contributed by atoms with Crippen molar-refractivity contribution >= 4 is 10.9 Å². The summed E-state index contributed by atoms with van der Waals surface area (Å²) in [6.07, 6.45) is 10.6. The number of para-hydroxylation sites is 1. The highest BCUT2D eigenvalue weighted by molar-refractivity contribution is 5.94. The van der Waals surface area contributed by atoms with Gasteiger partial charge in [0, 0.05) is 23.0 Å². The van der Waals surface area contributed by atoms with Gasteiger partial charge in [-0.15, -0.1) is 0 Å². The second kappa shape index (κ2) is 9.65. The minimum atomic E-state index is 0.629. The van der Waals surface area contributed by atoms with Crippen molar-refractivity contribution in [1.29, 1.82) is 0 Å². The van der Waals surface area contributed by atoms with E-state index in [1.165, 1.54) is 92.2 Å². The monoisotopic (exact) mass is 458 g/mol. The van der Waals surface area contributed by atoms with Gasteiger partial charge >= 0.3 is 0 Å². The van der Waals surface area contributed by atoms with Crippen LogP contribution in [0.2, 0.25) is 0 Å². The first-order valence-corrected chi connectivity index (χ1v) is 13.5. The van der Waals surface area contributed by atoms with Crippen LogP contribution in [0.25, 0.3) is 22.2 Å². The molecule has 4 nitrogen and oxygen atoms in total. The highest BCUT2D eigenvalue weighted by Gasteiger charge is 2.30. The van der Waals surface area contributed by atoms with Crippen LogP contribution in [0.1, 0.15) is 68.4 Å². The third-order valence-corrected chi connectivity index (χ3v) is 8.18. The summed E-state index contributed by atoms with van der Waals surface area (Å²) in [6, 6.07) is 13.5. The first-order chi connectivity index (χ1) is 16.8. The van der Waals surface area contributed by atoms with E-state index >= 15 is 0 Å². The van der Waals surface area contributed by atoms with Crippen LogP contribution in [0, 0.1) is 6.92 Å². The van der Waals surface area contributed by atoms with Crippen molar-refractivity contribution in [3.05, 3.63) is 47.5 Å². The molecule has 1 aliphatic carbocycles. The normalized spacial score (nSPS) is 19.3. The SMILES string of the molecule is Cc1ccc2c(C3CCCCC3)c3n(c2c1)CCOc1c(OCCN2CCCCC2)cccc1-3. The molecule has 1 saturated carbocycles. The fraction of sp³-hybridized carbons (Fsp3) is 0.533. The van der Waals surface area contributed by atoms with Crippen molar-refractivity contribution < 1.29 is 9.47 Å². The first-order valence-electron chi connectivity index (χ1n) is 13.5. The molecule has 3 heterocycles. The lowest BCUT2D eigenvalue weighted by molar-refractivity contribution is 0.179. The van der Waals surface area contributed by atoms with Gasteiger partial charge in [0.1, 0.15) is 13.2 Å². The minimum absolute atomic E-state index is 0.629. The number of nitrogens with zero attached hydrogens (tertiary/aromatic N) is 2. The third-order valence-electron chi connectivity index (χ3n) is 8.18. The Morgan fingerprint density at radius 3 is 2.62 bits per heavy atom. The smallest absolute Gasteiger partial charge is 0.170 e. The summed E-state index contributed by atoms with van der Waals surface area (Å²) >= 11 is 0. The fourth-order valence-electron chi connectivity index (χ4n) is 6.48. The molecule has 0 spiro atoms. The van der Waals surface area contributed by atoms with Crippen LogP contribution in [-0.2, 0) is 6.54 Å². The van der Waals surface area contributed by atoms with E-state index in [0.29, 0.717) is 12.5 Å². The number of benzene rings is 2. The lowest BCUT2D eigenvalue weighted by Gasteiger charge is -2.26. The van der Waals surface area contributed by atoms with Gasteiger partial charge in [-0.05, 0) is 80.9 Å². The average molecular weight is 459 g/mol. The number of ether oxygens (including phenoxy) is 2. The summed E-state index contributed by atoms with van der Waals surface area (Å²) in [7, 11) is 0. The molecule has 1 aromatic heterocycles. The summed E-state index contributed by atoms with van der Waals surface area (Å²) < 4.78 is 15.3. The summed E-state index contributed by atoms with van der Waals surface area (Å²) in [5, 5.41) is 1.44. The largest absolute Gasteiger partial charge is 0.488 e. The molecule has 180 valence electrons. The topological polar surface area (TPSA) is 26.6 Å². The van der Waals surface area contributed by atoms with Gasteiger partial charge in [0.25, 0.3) is 0 Å². The van der Waals surface area contributed by atoms with Gasteiger partial charge in [-0.25, -0.2) is 0 Å². The third kappa shape index (κ3) is 4.11. The second-order valence-electron chi connectivity index (χ2n) is 10.5. The molecular weight excluding hydrogens is 420 g/mol. The Kier molecular flexibility index (Phi) is 6.26. The van der Waals surface area contributed by atoms with E-state index in [-0.39, 0.29) is 0 Å². The molecule has 3 aliphatic rings. The van der Waals surface area contributed by atoms with Gasteiger partial charge in [-0.1, -0.05) is 43.9 Å². The van der Waals surface area contributed by atoms with Crippen molar-refractivity contribution in [2.45, 2.75) is 70.8 Å². The Hall–Kier alpha value is -2.46. The van der Waals surface area contributed by atoms with Gasteiger partial charge < -0.3 is 14.0 Å². The molecule has 0 radical (unpaired) electrons. The number of fused-ring (bicyclic) bond motifs is 5. The summed E-state index contributed by atoms with van der Waals surface area (Å²) in [5.41, 5.74) is 6.82. The summed E-state index contributed by atoms with van der Waals surface area (Å²) in [6.45, 7) is 7.88. The van der Waals surface area contributed by atoms with Crippen LogP contribution < -0.4 is 9.47 Å². The molecule has 0 unspecified atom stereocenters. The number of likely N-dealkylation sites (tertiary alicyclic amines) is 1. The Bertz CT molecular complexity index is 1150. The van der Waals surface area contributed by atoms with E-state index in [4.69, 9.17) is 9.47 Å².